The van der Waals surface area contributed by atoms with E-state index in [0.717, 1.165) is 11.1 Å². The second-order valence-corrected chi connectivity index (χ2v) is 5.57. The predicted molar refractivity (Wildman–Crippen MR) is 84.8 cm³/mol. The maximum absolute atomic E-state index is 12.4. The molecule has 21 heavy (non-hydrogen) atoms. The van der Waals surface area contributed by atoms with Gasteiger partial charge in [-0.05, 0) is 37.1 Å². The second kappa shape index (κ2) is 6.19. The lowest BCUT2D eigenvalue weighted by atomic mass is 9.93. The SMILES string of the molecule is Cc1ccc(C(=O)NC(C)(CCl)c2ccccc2)c(O)c1. The van der Waals surface area contributed by atoms with E-state index in [1.165, 1.54) is 0 Å². The first-order chi connectivity index (χ1) is 9.96. The quantitative estimate of drug-likeness (QED) is 0.848. The molecule has 1 unspecified atom stereocenters. The number of halogens is 1. The Morgan fingerprint density at radius 3 is 2.48 bits per heavy atom. The Balaban J connectivity index is 2.28. The van der Waals surface area contributed by atoms with Crippen LogP contribution in [0, 0.1) is 6.92 Å². The zero-order valence-corrected chi connectivity index (χ0v) is 12.8. The molecule has 0 bridgehead atoms. The molecule has 3 nitrogen and oxygen atoms in total. The number of aromatic hydroxyl groups is 1. The largest absolute Gasteiger partial charge is 0.507 e. The Hall–Kier alpha value is -2.00. The highest BCUT2D eigenvalue weighted by Gasteiger charge is 2.28. The van der Waals surface area contributed by atoms with E-state index in [4.69, 9.17) is 11.6 Å². The molecule has 1 amide bonds. The molecule has 2 N–H and O–H groups in total. The van der Waals surface area contributed by atoms with Crippen molar-refractivity contribution in [3.8, 4) is 5.75 Å². The van der Waals surface area contributed by atoms with Crippen molar-refractivity contribution in [2.75, 3.05) is 5.88 Å². The van der Waals surface area contributed by atoms with Gasteiger partial charge in [0.15, 0.2) is 0 Å². The molecule has 0 radical (unpaired) electrons. The molecule has 2 aromatic rings. The number of rotatable bonds is 4. The highest BCUT2D eigenvalue weighted by atomic mass is 35.5. The summed E-state index contributed by atoms with van der Waals surface area (Å²) in [4.78, 5) is 12.4. The summed E-state index contributed by atoms with van der Waals surface area (Å²) in [5.74, 6) is -0.146. The van der Waals surface area contributed by atoms with E-state index in [1.54, 1.807) is 18.2 Å². The smallest absolute Gasteiger partial charge is 0.255 e. The third kappa shape index (κ3) is 3.37. The van der Waals surface area contributed by atoms with Crippen LogP contribution in [0.2, 0.25) is 0 Å². The lowest BCUT2D eigenvalue weighted by Gasteiger charge is -2.29. The van der Waals surface area contributed by atoms with Gasteiger partial charge in [-0.1, -0.05) is 36.4 Å². The summed E-state index contributed by atoms with van der Waals surface area (Å²) >= 11 is 6.06. The molecule has 0 spiro atoms. The van der Waals surface area contributed by atoms with Gasteiger partial charge < -0.3 is 10.4 Å². The second-order valence-electron chi connectivity index (χ2n) is 5.31. The Labute approximate surface area is 129 Å². The van der Waals surface area contributed by atoms with E-state index in [1.807, 2.05) is 44.2 Å². The van der Waals surface area contributed by atoms with Gasteiger partial charge in [-0.3, -0.25) is 4.79 Å². The number of aryl methyl sites for hydroxylation is 1. The number of hydrogen-bond acceptors (Lipinski definition) is 2. The van der Waals surface area contributed by atoms with Gasteiger partial charge in [0.1, 0.15) is 5.75 Å². The monoisotopic (exact) mass is 303 g/mol. The Bertz CT molecular complexity index is 642. The van der Waals surface area contributed by atoms with Gasteiger partial charge in [0, 0.05) is 5.88 Å². The number of phenolic OH excluding ortho intramolecular Hbond substituents is 1. The molecule has 4 heteroatoms. The minimum absolute atomic E-state index is 0.0301. The molecule has 0 aliphatic heterocycles. The predicted octanol–water partition coefficient (Wildman–Crippen LogP) is 3.58. The molecule has 0 saturated heterocycles. The third-order valence-electron chi connectivity index (χ3n) is 3.47. The first kappa shape index (κ1) is 15.4. The molecule has 0 aliphatic carbocycles. The van der Waals surface area contributed by atoms with Crippen LogP contribution in [0.3, 0.4) is 0 Å². The molecule has 0 saturated carbocycles. The van der Waals surface area contributed by atoms with Crippen molar-refractivity contribution in [2.45, 2.75) is 19.4 Å². The van der Waals surface area contributed by atoms with Crippen LogP contribution in [0.5, 0.6) is 5.75 Å². The molecule has 0 fully saturated rings. The van der Waals surface area contributed by atoms with Crippen LogP contribution >= 0.6 is 11.6 Å². The summed E-state index contributed by atoms with van der Waals surface area (Å²) in [6, 6.07) is 14.5. The van der Waals surface area contributed by atoms with E-state index < -0.39 is 5.54 Å². The molecule has 110 valence electrons. The average molecular weight is 304 g/mol. The van der Waals surface area contributed by atoms with E-state index in [0.29, 0.717) is 0 Å². The van der Waals surface area contributed by atoms with Gasteiger partial charge >= 0.3 is 0 Å². The van der Waals surface area contributed by atoms with E-state index >= 15 is 0 Å². The lowest BCUT2D eigenvalue weighted by molar-refractivity contribution is 0.0910. The number of carbonyl (C=O) groups is 1. The third-order valence-corrected chi connectivity index (χ3v) is 4.00. The van der Waals surface area contributed by atoms with Gasteiger partial charge in [0.05, 0.1) is 11.1 Å². The molecular weight excluding hydrogens is 286 g/mol. The van der Waals surface area contributed by atoms with Crippen LogP contribution in [0.15, 0.2) is 48.5 Å². The zero-order valence-electron chi connectivity index (χ0n) is 12.1. The summed E-state index contributed by atoms with van der Waals surface area (Å²) in [5, 5.41) is 12.8. The van der Waals surface area contributed by atoms with Crippen LogP contribution in [0.1, 0.15) is 28.4 Å². The van der Waals surface area contributed by atoms with Crippen LogP contribution in [-0.2, 0) is 5.54 Å². The van der Waals surface area contributed by atoms with Gasteiger partial charge in [-0.25, -0.2) is 0 Å². The molecule has 0 aromatic heterocycles. The van der Waals surface area contributed by atoms with Crippen molar-refractivity contribution in [1.29, 1.82) is 0 Å². The number of phenols is 1. The molecule has 1 atom stereocenters. The van der Waals surface area contributed by atoms with Gasteiger partial charge in [-0.2, -0.15) is 0 Å². The fourth-order valence-electron chi connectivity index (χ4n) is 2.14. The number of carbonyl (C=O) groups excluding carboxylic acids is 1. The molecule has 0 heterocycles. The first-order valence-corrected chi connectivity index (χ1v) is 7.23. The number of amides is 1. The normalized spacial score (nSPS) is 13.5. The van der Waals surface area contributed by atoms with Crippen molar-refractivity contribution in [3.63, 3.8) is 0 Å². The summed E-state index contributed by atoms with van der Waals surface area (Å²) in [6.45, 7) is 3.72. The van der Waals surface area contributed by atoms with Crippen LogP contribution in [0.4, 0.5) is 0 Å². The Morgan fingerprint density at radius 2 is 1.90 bits per heavy atom. The fourth-order valence-corrected chi connectivity index (χ4v) is 2.36. The van der Waals surface area contributed by atoms with E-state index in [2.05, 4.69) is 5.32 Å². The Morgan fingerprint density at radius 1 is 1.24 bits per heavy atom. The highest BCUT2D eigenvalue weighted by molar-refractivity contribution is 6.19. The maximum Gasteiger partial charge on any atom is 0.255 e. The highest BCUT2D eigenvalue weighted by Crippen LogP contribution is 2.25. The van der Waals surface area contributed by atoms with Crippen molar-refractivity contribution < 1.29 is 9.90 Å². The maximum atomic E-state index is 12.4. The number of alkyl halides is 1. The number of nitrogens with one attached hydrogen (secondary N) is 1. The minimum Gasteiger partial charge on any atom is -0.507 e. The molecule has 0 aliphatic rings. The zero-order chi connectivity index (χ0) is 15.5. The average Bonchev–Trinajstić information content (AvgIpc) is 2.47. The van der Waals surface area contributed by atoms with Crippen LogP contribution in [0.25, 0.3) is 0 Å². The van der Waals surface area contributed by atoms with E-state index in [9.17, 15) is 9.90 Å². The standard InChI is InChI=1S/C17H18ClNO2/c1-12-8-9-14(15(20)10-12)16(21)19-17(2,11-18)13-6-4-3-5-7-13/h3-10,20H,11H2,1-2H3,(H,19,21). The summed E-state index contributed by atoms with van der Waals surface area (Å²) in [7, 11) is 0. The van der Waals surface area contributed by atoms with Crippen molar-refractivity contribution in [1.82, 2.24) is 5.32 Å². The van der Waals surface area contributed by atoms with E-state index in [-0.39, 0.29) is 23.1 Å². The van der Waals surface area contributed by atoms with Crippen molar-refractivity contribution in [2.24, 2.45) is 0 Å². The summed E-state index contributed by atoms with van der Waals surface area (Å²) in [5.41, 5.74) is 1.36. The lowest BCUT2D eigenvalue weighted by Crippen LogP contribution is -2.45. The fraction of sp³-hybridized carbons (Fsp3) is 0.235. The summed E-state index contributed by atoms with van der Waals surface area (Å²) < 4.78 is 0. The van der Waals surface area contributed by atoms with Crippen molar-refractivity contribution in [3.05, 3.63) is 65.2 Å². The topological polar surface area (TPSA) is 49.3 Å². The minimum atomic E-state index is -0.697. The Kier molecular flexibility index (Phi) is 4.53. The van der Waals surface area contributed by atoms with Gasteiger partial charge in [-0.15, -0.1) is 11.6 Å². The number of hydrogen-bond donors (Lipinski definition) is 2. The van der Waals surface area contributed by atoms with Gasteiger partial charge in [0.2, 0.25) is 0 Å². The van der Waals surface area contributed by atoms with Gasteiger partial charge in [0.25, 0.3) is 5.91 Å². The first-order valence-electron chi connectivity index (χ1n) is 6.70. The van der Waals surface area contributed by atoms with Crippen LogP contribution < -0.4 is 5.32 Å². The van der Waals surface area contributed by atoms with Crippen molar-refractivity contribution >= 4 is 17.5 Å². The molecule has 2 aromatic carbocycles. The van der Waals surface area contributed by atoms with Crippen LogP contribution in [-0.4, -0.2) is 16.9 Å². The number of benzene rings is 2. The molecular formula is C17H18ClNO2. The molecule has 2 rings (SSSR count). The summed E-state index contributed by atoms with van der Waals surface area (Å²) in [6.07, 6.45) is 0.